The van der Waals surface area contributed by atoms with Crippen molar-refractivity contribution in [3.05, 3.63) is 23.8 Å². The van der Waals surface area contributed by atoms with E-state index in [4.69, 9.17) is 4.74 Å². The number of β-amino-alcohol motifs (C(OH)–C–C–N with tert-alkyl or cyclic N) is 1. The molecule has 0 radical (unpaired) electrons. The highest BCUT2D eigenvalue weighted by Gasteiger charge is 2.24. The molecule has 1 aromatic rings. The number of hydrogen-bond acceptors (Lipinski definition) is 6. The van der Waals surface area contributed by atoms with Gasteiger partial charge in [-0.15, -0.1) is 0 Å². The number of nitrogens with zero attached hydrogens (tertiary/aromatic N) is 3. The van der Waals surface area contributed by atoms with Crippen LogP contribution in [0.3, 0.4) is 0 Å². The van der Waals surface area contributed by atoms with Crippen molar-refractivity contribution in [1.29, 1.82) is 0 Å². The second kappa shape index (κ2) is 9.93. The van der Waals surface area contributed by atoms with Gasteiger partial charge in [0, 0.05) is 45.8 Å². The number of rotatable bonds is 6. The third-order valence-electron chi connectivity index (χ3n) is 5.71. The van der Waals surface area contributed by atoms with E-state index in [1.807, 2.05) is 13.0 Å². The van der Waals surface area contributed by atoms with E-state index >= 15 is 0 Å². The largest absolute Gasteiger partial charge is 0.465 e. The van der Waals surface area contributed by atoms with Crippen molar-refractivity contribution in [1.82, 2.24) is 9.80 Å². The highest BCUT2D eigenvalue weighted by atomic mass is 16.5. The number of amides is 2. The lowest BCUT2D eigenvalue weighted by molar-refractivity contribution is 0.0600. The van der Waals surface area contributed by atoms with Gasteiger partial charge in [-0.05, 0) is 37.5 Å². The van der Waals surface area contributed by atoms with Crippen molar-refractivity contribution in [2.75, 3.05) is 63.1 Å². The van der Waals surface area contributed by atoms with Crippen LogP contribution in [0, 0.1) is 0 Å². The van der Waals surface area contributed by atoms with Crippen molar-refractivity contribution in [3.8, 4) is 0 Å². The van der Waals surface area contributed by atoms with Gasteiger partial charge in [-0.2, -0.15) is 0 Å². The summed E-state index contributed by atoms with van der Waals surface area (Å²) < 4.78 is 4.83. The normalized spacial score (nSPS) is 18.6. The van der Waals surface area contributed by atoms with Crippen molar-refractivity contribution in [2.45, 2.75) is 32.3 Å². The van der Waals surface area contributed by atoms with Crippen LogP contribution in [0.1, 0.15) is 36.5 Å². The first-order chi connectivity index (χ1) is 14.0. The lowest BCUT2D eigenvalue weighted by Crippen LogP contribution is -2.51. The first-order valence-electron chi connectivity index (χ1n) is 10.5. The van der Waals surface area contributed by atoms with Crippen LogP contribution >= 0.6 is 0 Å². The average molecular weight is 405 g/mol. The van der Waals surface area contributed by atoms with Gasteiger partial charge in [-0.3, -0.25) is 4.90 Å². The molecule has 8 heteroatoms. The average Bonchev–Trinajstić information content (AvgIpc) is 3.28. The van der Waals surface area contributed by atoms with Crippen molar-refractivity contribution in [3.63, 3.8) is 0 Å². The maximum Gasteiger partial charge on any atom is 0.337 e. The third-order valence-corrected chi connectivity index (χ3v) is 5.71. The molecule has 1 aromatic carbocycles. The molecule has 0 bridgehead atoms. The summed E-state index contributed by atoms with van der Waals surface area (Å²) in [4.78, 5) is 31.0. The van der Waals surface area contributed by atoms with E-state index < -0.39 is 5.97 Å². The summed E-state index contributed by atoms with van der Waals surface area (Å²) in [5.74, 6) is -0.420. The first kappa shape index (κ1) is 21.4. The summed E-state index contributed by atoms with van der Waals surface area (Å²) in [6.07, 6.45) is 2.66. The molecule has 0 saturated carbocycles. The molecule has 8 nitrogen and oxygen atoms in total. The van der Waals surface area contributed by atoms with Crippen LogP contribution in [0.4, 0.5) is 16.2 Å². The highest BCUT2D eigenvalue weighted by Crippen LogP contribution is 2.30. The summed E-state index contributed by atoms with van der Waals surface area (Å²) >= 11 is 0. The molecule has 2 heterocycles. The molecular weight excluding hydrogens is 372 g/mol. The summed E-state index contributed by atoms with van der Waals surface area (Å²) in [5.41, 5.74) is 2.00. The van der Waals surface area contributed by atoms with Crippen LogP contribution < -0.4 is 10.2 Å². The minimum absolute atomic E-state index is 0.164. The number of methoxy groups -OCH3 is 1. The second-order valence-corrected chi connectivity index (χ2v) is 7.70. The zero-order valence-corrected chi connectivity index (χ0v) is 17.4. The van der Waals surface area contributed by atoms with Gasteiger partial charge in [0.25, 0.3) is 0 Å². The number of aliphatic hydroxyl groups is 1. The Balaban J connectivity index is 1.68. The van der Waals surface area contributed by atoms with Gasteiger partial charge in [0.05, 0.1) is 30.2 Å². The summed E-state index contributed by atoms with van der Waals surface area (Å²) in [7, 11) is 1.35. The molecule has 2 aliphatic heterocycles. The van der Waals surface area contributed by atoms with Gasteiger partial charge in [-0.1, -0.05) is 6.92 Å². The molecule has 1 atom stereocenters. The number of nitrogens with one attached hydrogen (secondary N) is 1. The number of piperazine rings is 1. The van der Waals surface area contributed by atoms with Gasteiger partial charge in [-0.25, -0.2) is 9.59 Å². The number of carbonyl (C=O) groups excluding carboxylic acids is 2. The van der Waals surface area contributed by atoms with E-state index in [9.17, 15) is 14.7 Å². The van der Waals surface area contributed by atoms with Crippen LogP contribution in [0.25, 0.3) is 0 Å². The Morgan fingerprint density at radius 1 is 1.14 bits per heavy atom. The summed E-state index contributed by atoms with van der Waals surface area (Å²) in [6.45, 7) is 7.20. The Labute approximate surface area is 172 Å². The van der Waals surface area contributed by atoms with E-state index in [0.29, 0.717) is 30.9 Å². The van der Waals surface area contributed by atoms with E-state index in [1.165, 1.54) is 7.11 Å². The van der Waals surface area contributed by atoms with Gasteiger partial charge in [0.1, 0.15) is 0 Å². The van der Waals surface area contributed by atoms with Crippen molar-refractivity contribution < 1.29 is 19.4 Å². The molecule has 0 spiro atoms. The molecule has 0 aromatic heterocycles. The first-order valence-corrected chi connectivity index (χ1v) is 10.5. The quantitative estimate of drug-likeness (QED) is 0.706. The third kappa shape index (κ3) is 5.39. The Hall–Kier alpha value is -2.32. The van der Waals surface area contributed by atoms with Crippen molar-refractivity contribution >= 4 is 23.4 Å². The van der Waals surface area contributed by atoms with Gasteiger partial charge >= 0.3 is 12.0 Å². The number of hydrogen-bond donors (Lipinski definition) is 2. The number of urea groups is 1. The number of ether oxygens (including phenoxy) is 1. The fourth-order valence-electron chi connectivity index (χ4n) is 3.87. The second-order valence-electron chi connectivity index (χ2n) is 7.70. The number of anilines is 2. The zero-order valence-electron chi connectivity index (χ0n) is 17.4. The van der Waals surface area contributed by atoms with Crippen molar-refractivity contribution in [2.24, 2.45) is 0 Å². The molecule has 0 aliphatic carbocycles. The van der Waals surface area contributed by atoms with Crippen LogP contribution in [0.5, 0.6) is 0 Å². The van der Waals surface area contributed by atoms with Crippen LogP contribution in [0.15, 0.2) is 18.2 Å². The topological polar surface area (TPSA) is 85.3 Å². The number of aliphatic hydroxyl groups excluding tert-OH is 1. The standard InChI is InChI=1S/C21H32N4O4/c1-3-17(26)15-23-10-12-25(13-11-23)21(28)22-18-14-16(20(27)29-2)6-7-19(18)24-8-4-5-9-24/h6-7,14,17,26H,3-5,8-13,15H2,1-2H3,(H,22,28)/t17-/m1/s1. The molecule has 160 valence electrons. The molecule has 0 unspecified atom stereocenters. The number of benzene rings is 1. The Morgan fingerprint density at radius 3 is 2.45 bits per heavy atom. The van der Waals surface area contributed by atoms with Gasteiger partial charge in [0.2, 0.25) is 0 Å². The Kier molecular flexibility index (Phi) is 7.33. The molecule has 2 aliphatic rings. The lowest BCUT2D eigenvalue weighted by Gasteiger charge is -2.35. The molecule has 2 saturated heterocycles. The highest BCUT2D eigenvalue weighted by molar-refractivity contribution is 5.97. The fourth-order valence-corrected chi connectivity index (χ4v) is 3.87. The van der Waals surface area contributed by atoms with E-state index in [-0.39, 0.29) is 12.1 Å². The van der Waals surface area contributed by atoms with Gasteiger partial charge < -0.3 is 25.0 Å². The summed E-state index contributed by atoms with van der Waals surface area (Å²) in [5, 5.41) is 12.8. The molecule has 2 amide bonds. The maximum atomic E-state index is 12.9. The van der Waals surface area contributed by atoms with E-state index in [0.717, 1.165) is 51.1 Å². The van der Waals surface area contributed by atoms with E-state index in [2.05, 4.69) is 15.1 Å². The minimum atomic E-state index is -0.420. The zero-order chi connectivity index (χ0) is 20.8. The molecule has 2 N–H and O–H groups in total. The van der Waals surface area contributed by atoms with Gasteiger partial charge in [0.15, 0.2) is 0 Å². The van der Waals surface area contributed by atoms with Crippen LogP contribution in [-0.2, 0) is 4.74 Å². The van der Waals surface area contributed by atoms with E-state index in [1.54, 1.807) is 17.0 Å². The maximum absolute atomic E-state index is 12.9. The van der Waals surface area contributed by atoms with Crippen LogP contribution in [0.2, 0.25) is 0 Å². The monoisotopic (exact) mass is 404 g/mol. The Morgan fingerprint density at radius 2 is 1.83 bits per heavy atom. The SMILES string of the molecule is CC[C@@H](O)CN1CCN(C(=O)Nc2cc(C(=O)OC)ccc2N2CCCC2)CC1. The molecule has 3 rings (SSSR count). The van der Waals surface area contributed by atoms with Crippen LogP contribution in [-0.4, -0.2) is 85.9 Å². The summed E-state index contributed by atoms with van der Waals surface area (Å²) in [6, 6.07) is 5.17. The fraction of sp³-hybridized carbons (Fsp3) is 0.619. The lowest BCUT2D eigenvalue weighted by atomic mass is 10.1. The minimum Gasteiger partial charge on any atom is -0.465 e. The number of carbonyl (C=O) groups is 2. The predicted molar refractivity (Wildman–Crippen MR) is 113 cm³/mol. The molecule has 29 heavy (non-hydrogen) atoms. The molecular formula is C21H32N4O4. The number of esters is 1. The Bertz CT molecular complexity index is 713. The molecule has 2 fully saturated rings. The predicted octanol–water partition coefficient (Wildman–Crippen LogP) is 1.99. The smallest absolute Gasteiger partial charge is 0.337 e.